The number of rotatable bonds is 8. The van der Waals surface area contributed by atoms with Crippen molar-refractivity contribution in [3.63, 3.8) is 0 Å². The van der Waals surface area contributed by atoms with Crippen LogP contribution in [0, 0.1) is 0 Å². The van der Waals surface area contributed by atoms with Crippen LogP contribution in [0.2, 0.25) is 0 Å². The third-order valence-corrected chi connectivity index (χ3v) is 8.79. The Morgan fingerprint density at radius 1 is 1.06 bits per heavy atom. The number of nitrogens with zero attached hydrogens (tertiary/aromatic N) is 1. The zero-order valence-corrected chi connectivity index (χ0v) is 21.4. The summed E-state index contributed by atoms with van der Waals surface area (Å²) in [5.41, 5.74) is 1.16. The van der Waals surface area contributed by atoms with Gasteiger partial charge in [0, 0.05) is 5.69 Å². The maximum atomic E-state index is 12.4. The monoisotopic (exact) mass is 581 g/mol. The Morgan fingerprint density at radius 2 is 1.82 bits per heavy atom. The topological polar surface area (TPSA) is 124 Å². The van der Waals surface area contributed by atoms with E-state index in [4.69, 9.17) is 9.47 Å². The van der Waals surface area contributed by atoms with Gasteiger partial charge < -0.3 is 9.47 Å². The van der Waals surface area contributed by atoms with Crippen molar-refractivity contribution >= 4 is 81.5 Å². The van der Waals surface area contributed by atoms with Gasteiger partial charge in [-0.05, 0) is 70.5 Å². The molecule has 0 aliphatic carbocycles. The molecule has 9 nitrogen and oxygen atoms in total. The van der Waals surface area contributed by atoms with Gasteiger partial charge >= 0.3 is 5.97 Å². The van der Waals surface area contributed by atoms with E-state index >= 15 is 0 Å². The first kappa shape index (κ1) is 24.1. The number of benzene rings is 2. The van der Waals surface area contributed by atoms with E-state index < -0.39 is 28.5 Å². The summed E-state index contributed by atoms with van der Waals surface area (Å²) < 4.78 is 39.1. The molecule has 0 unspecified atom stereocenters. The van der Waals surface area contributed by atoms with E-state index in [0.29, 0.717) is 20.2 Å². The van der Waals surface area contributed by atoms with Crippen molar-refractivity contribution in [1.29, 1.82) is 0 Å². The molecule has 13 heteroatoms. The van der Waals surface area contributed by atoms with E-state index in [2.05, 4.69) is 31.0 Å². The minimum Gasteiger partial charge on any atom is -0.497 e. The molecule has 2 N–H and O–H groups in total. The Balaban J connectivity index is 1.31. The highest BCUT2D eigenvalue weighted by Crippen LogP contribution is 2.29. The lowest BCUT2D eigenvalue weighted by molar-refractivity contribution is -0.119. The predicted molar refractivity (Wildman–Crippen MR) is 134 cm³/mol. The lowest BCUT2D eigenvalue weighted by Gasteiger charge is -2.08. The summed E-state index contributed by atoms with van der Waals surface area (Å²) in [6.07, 6.45) is 0. The van der Waals surface area contributed by atoms with Crippen LogP contribution in [0.3, 0.4) is 0 Å². The highest BCUT2D eigenvalue weighted by atomic mass is 79.9. The minimum absolute atomic E-state index is 0.154. The fourth-order valence-corrected chi connectivity index (χ4v) is 6.76. The standard InChI is InChI=1S/C21H16BrN3O6S3/c1-30-14-6-7-15-16(10-14)32-21(23-15)24-18(26)11-31-20(27)12-2-4-13(5-3-12)25-34(28,29)19-9-8-17(22)33-19/h2-10,25H,11H2,1H3,(H,23,24,26). The van der Waals surface area contributed by atoms with Crippen molar-refractivity contribution < 1.29 is 27.5 Å². The van der Waals surface area contributed by atoms with Crippen LogP contribution in [0.5, 0.6) is 5.75 Å². The van der Waals surface area contributed by atoms with E-state index in [-0.39, 0.29) is 15.5 Å². The van der Waals surface area contributed by atoms with Crippen molar-refractivity contribution in [2.45, 2.75) is 4.21 Å². The van der Waals surface area contributed by atoms with Gasteiger partial charge in [-0.2, -0.15) is 0 Å². The highest BCUT2D eigenvalue weighted by molar-refractivity contribution is 9.11. The van der Waals surface area contributed by atoms with Gasteiger partial charge in [0.25, 0.3) is 15.9 Å². The van der Waals surface area contributed by atoms with Crippen LogP contribution in [-0.4, -0.2) is 39.0 Å². The number of ether oxygens (including phenoxy) is 2. The fourth-order valence-electron chi connectivity index (χ4n) is 2.78. The number of anilines is 2. The van der Waals surface area contributed by atoms with E-state index in [0.717, 1.165) is 16.0 Å². The molecule has 0 aliphatic heterocycles. The summed E-state index contributed by atoms with van der Waals surface area (Å²) in [6.45, 7) is -0.500. The van der Waals surface area contributed by atoms with Crippen LogP contribution >= 0.6 is 38.6 Å². The van der Waals surface area contributed by atoms with Crippen LogP contribution in [0.25, 0.3) is 10.2 Å². The van der Waals surface area contributed by atoms with Gasteiger partial charge in [-0.25, -0.2) is 18.2 Å². The molecule has 0 saturated carbocycles. The van der Waals surface area contributed by atoms with Crippen molar-refractivity contribution in [3.05, 3.63) is 63.9 Å². The Hall–Kier alpha value is -3.00. The molecule has 34 heavy (non-hydrogen) atoms. The molecule has 0 bridgehead atoms. The summed E-state index contributed by atoms with van der Waals surface area (Å²) in [5.74, 6) is -0.576. The SMILES string of the molecule is COc1ccc2nc(NC(=O)COC(=O)c3ccc(NS(=O)(=O)c4ccc(Br)s4)cc3)sc2c1. The first-order valence-electron chi connectivity index (χ1n) is 9.53. The van der Waals surface area contributed by atoms with Gasteiger partial charge in [0.1, 0.15) is 9.96 Å². The Kier molecular flexibility index (Phi) is 7.16. The zero-order chi connectivity index (χ0) is 24.3. The van der Waals surface area contributed by atoms with Crippen LogP contribution < -0.4 is 14.8 Å². The molecule has 0 atom stereocenters. The van der Waals surface area contributed by atoms with Crippen molar-refractivity contribution in [3.8, 4) is 5.75 Å². The van der Waals surface area contributed by atoms with Gasteiger partial charge in [0.2, 0.25) is 0 Å². The lowest BCUT2D eigenvalue weighted by Crippen LogP contribution is -2.20. The number of halogens is 1. The number of hydrogen-bond donors (Lipinski definition) is 2. The molecule has 0 fully saturated rings. The molecule has 4 rings (SSSR count). The highest BCUT2D eigenvalue weighted by Gasteiger charge is 2.17. The van der Waals surface area contributed by atoms with Gasteiger partial charge in [0.05, 0.1) is 26.7 Å². The third-order valence-electron chi connectivity index (χ3n) is 4.36. The van der Waals surface area contributed by atoms with Crippen molar-refractivity contribution in [1.82, 2.24) is 4.98 Å². The molecule has 2 heterocycles. The number of thiazole rings is 1. The second kappa shape index (κ2) is 10.1. The van der Waals surface area contributed by atoms with Crippen LogP contribution in [0.4, 0.5) is 10.8 Å². The summed E-state index contributed by atoms with van der Waals surface area (Å²) in [6, 6.07) is 14.2. The predicted octanol–water partition coefficient (Wildman–Crippen LogP) is 4.73. The number of methoxy groups -OCH3 is 1. The summed E-state index contributed by atoms with van der Waals surface area (Å²) in [7, 11) is -2.17. The maximum Gasteiger partial charge on any atom is 0.338 e. The molecule has 0 spiro atoms. The van der Waals surface area contributed by atoms with Gasteiger partial charge in [-0.1, -0.05) is 11.3 Å². The average molecular weight is 582 g/mol. The van der Waals surface area contributed by atoms with Gasteiger partial charge in [0.15, 0.2) is 11.7 Å². The van der Waals surface area contributed by atoms with Crippen molar-refractivity contribution in [2.24, 2.45) is 0 Å². The van der Waals surface area contributed by atoms with E-state index in [9.17, 15) is 18.0 Å². The maximum absolute atomic E-state index is 12.4. The number of fused-ring (bicyclic) bond motifs is 1. The number of aromatic nitrogens is 1. The molecule has 2 aromatic carbocycles. The Morgan fingerprint density at radius 3 is 2.50 bits per heavy atom. The number of hydrogen-bond acceptors (Lipinski definition) is 9. The van der Waals surface area contributed by atoms with Crippen molar-refractivity contribution in [2.75, 3.05) is 23.8 Å². The molecular formula is C21H16BrN3O6S3. The number of thiophene rings is 1. The van der Waals surface area contributed by atoms with Crippen LogP contribution in [0.1, 0.15) is 10.4 Å². The van der Waals surface area contributed by atoms with Gasteiger partial charge in [-0.15, -0.1) is 11.3 Å². The molecule has 0 saturated heterocycles. The first-order chi connectivity index (χ1) is 16.2. The quantitative estimate of drug-likeness (QED) is 0.288. The average Bonchev–Trinajstić information content (AvgIpc) is 3.43. The van der Waals surface area contributed by atoms with Crippen LogP contribution in [-0.2, 0) is 19.6 Å². The molecule has 4 aromatic rings. The Labute approximate surface area is 210 Å². The molecular weight excluding hydrogens is 566 g/mol. The summed E-state index contributed by atoms with van der Waals surface area (Å²) in [5, 5.41) is 2.97. The molecule has 2 aromatic heterocycles. The van der Waals surface area contributed by atoms with E-state index in [1.165, 1.54) is 41.7 Å². The number of esters is 1. The smallest absolute Gasteiger partial charge is 0.338 e. The second-order valence-electron chi connectivity index (χ2n) is 6.72. The fraction of sp³-hybridized carbons (Fsp3) is 0.0952. The molecule has 0 aliphatic rings. The second-order valence-corrected chi connectivity index (χ2v) is 12.1. The largest absolute Gasteiger partial charge is 0.497 e. The zero-order valence-electron chi connectivity index (χ0n) is 17.4. The number of amides is 1. The normalized spacial score (nSPS) is 11.2. The third kappa shape index (κ3) is 5.73. The van der Waals surface area contributed by atoms with Gasteiger partial charge in [-0.3, -0.25) is 14.8 Å². The Bertz CT molecular complexity index is 1460. The number of nitrogens with one attached hydrogen (secondary N) is 2. The molecule has 0 radical (unpaired) electrons. The molecule has 1 amide bonds. The lowest BCUT2D eigenvalue weighted by atomic mass is 10.2. The first-order valence-corrected chi connectivity index (χ1v) is 13.4. The number of carbonyl (C=O) groups is 2. The van der Waals surface area contributed by atoms with Crippen LogP contribution in [0.15, 0.2) is 62.6 Å². The van der Waals surface area contributed by atoms with E-state index in [1.807, 2.05) is 6.07 Å². The van der Waals surface area contributed by atoms with E-state index in [1.54, 1.807) is 25.3 Å². The summed E-state index contributed by atoms with van der Waals surface area (Å²) in [4.78, 5) is 28.7. The summed E-state index contributed by atoms with van der Waals surface area (Å²) >= 11 is 5.58. The molecule has 176 valence electrons. The number of carbonyl (C=O) groups excluding carboxylic acids is 2. The number of sulfonamides is 1. The minimum atomic E-state index is -3.73.